The Bertz CT molecular complexity index is 651. The number of aliphatic hydroxyl groups is 1. The van der Waals surface area contributed by atoms with Crippen molar-refractivity contribution in [3.63, 3.8) is 0 Å². The Labute approximate surface area is 148 Å². The van der Waals surface area contributed by atoms with Crippen molar-refractivity contribution in [2.24, 2.45) is 5.92 Å². The standard InChI is InChI=1S/C20H26O5/c1-5-13(3)19(22)24-17-10-15(11-21)8-6-7-12(2)9-16-18(17)14(4)20(23)25-16/h5,8-9,16-18,21H,4,6-7,10-11H2,1-3H3/b12-9-,13-5+,15-8+/t16-,17-,18+/m1/s1. The predicted molar refractivity (Wildman–Crippen MR) is 94.6 cm³/mol. The van der Waals surface area contributed by atoms with Crippen molar-refractivity contribution in [3.8, 4) is 0 Å². The second-order valence-electron chi connectivity index (χ2n) is 6.61. The predicted octanol–water partition coefficient (Wildman–Crippen LogP) is 3.01. The molecule has 0 aromatic carbocycles. The molecule has 0 amide bonds. The number of esters is 2. The summed E-state index contributed by atoms with van der Waals surface area (Å²) < 4.78 is 11.1. The zero-order chi connectivity index (χ0) is 18.6. The molecule has 0 saturated carbocycles. The van der Waals surface area contributed by atoms with Crippen molar-refractivity contribution in [2.45, 2.75) is 52.2 Å². The number of fused-ring (bicyclic) bond motifs is 1. The highest BCUT2D eigenvalue weighted by Gasteiger charge is 2.44. The first kappa shape index (κ1) is 19.2. The molecule has 25 heavy (non-hydrogen) atoms. The highest BCUT2D eigenvalue weighted by Crippen LogP contribution is 2.36. The molecule has 3 atom stereocenters. The maximum Gasteiger partial charge on any atom is 0.334 e. The van der Waals surface area contributed by atoms with Gasteiger partial charge in [0.15, 0.2) is 0 Å². The van der Waals surface area contributed by atoms with Gasteiger partial charge in [0.05, 0.1) is 12.5 Å². The number of carbonyl (C=O) groups is 2. The minimum atomic E-state index is -0.619. The third-order valence-electron chi connectivity index (χ3n) is 4.76. The summed E-state index contributed by atoms with van der Waals surface area (Å²) >= 11 is 0. The van der Waals surface area contributed by atoms with Gasteiger partial charge in [0.25, 0.3) is 0 Å². The SMILES string of the molecule is C=C1C(=O)O[C@@H]2/C=C(/C)CC/C=C(/CO)C[C@@H](OC(=O)/C(C)=C/C)[C@@H]12. The quantitative estimate of drug-likeness (QED) is 0.483. The molecule has 0 radical (unpaired) electrons. The Morgan fingerprint density at radius 2 is 2.24 bits per heavy atom. The maximum absolute atomic E-state index is 12.3. The van der Waals surface area contributed by atoms with E-state index in [9.17, 15) is 14.7 Å². The van der Waals surface area contributed by atoms with Crippen LogP contribution in [0.15, 0.2) is 47.1 Å². The van der Waals surface area contributed by atoms with Gasteiger partial charge in [-0.1, -0.05) is 24.3 Å². The molecule has 0 unspecified atom stereocenters. The smallest absolute Gasteiger partial charge is 0.334 e. The first-order chi connectivity index (χ1) is 11.9. The van der Waals surface area contributed by atoms with Gasteiger partial charge in [0, 0.05) is 17.6 Å². The van der Waals surface area contributed by atoms with E-state index in [2.05, 4.69) is 6.58 Å². The number of aliphatic hydroxyl groups excluding tert-OH is 1. The molecule has 1 N–H and O–H groups in total. The van der Waals surface area contributed by atoms with Crippen LogP contribution in [-0.2, 0) is 19.1 Å². The van der Waals surface area contributed by atoms with E-state index in [0.29, 0.717) is 17.6 Å². The molecule has 1 saturated heterocycles. The Balaban J connectivity index is 2.41. The van der Waals surface area contributed by atoms with Crippen molar-refractivity contribution in [1.82, 2.24) is 0 Å². The van der Waals surface area contributed by atoms with Crippen LogP contribution in [0, 0.1) is 5.92 Å². The number of rotatable bonds is 3. The molecule has 1 fully saturated rings. The number of hydrogen-bond acceptors (Lipinski definition) is 5. The highest BCUT2D eigenvalue weighted by atomic mass is 16.6. The third-order valence-corrected chi connectivity index (χ3v) is 4.76. The lowest BCUT2D eigenvalue weighted by Gasteiger charge is -2.27. The van der Waals surface area contributed by atoms with Gasteiger partial charge >= 0.3 is 11.9 Å². The van der Waals surface area contributed by atoms with Gasteiger partial charge in [-0.3, -0.25) is 0 Å². The van der Waals surface area contributed by atoms with Crippen LogP contribution < -0.4 is 0 Å². The maximum atomic E-state index is 12.3. The van der Waals surface area contributed by atoms with Crippen molar-refractivity contribution >= 4 is 11.9 Å². The minimum Gasteiger partial charge on any atom is -0.458 e. The molecule has 0 aromatic heterocycles. The van der Waals surface area contributed by atoms with Crippen LogP contribution in [0.5, 0.6) is 0 Å². The van der Waals surface area contributed by atoms with Gasteiger partial charge in [-0.05, 0) is 45.3 Å². The summed E-state index contributed by atoms with van der Waals surface area (Å²) in [5, 5.41) is 9.65. The minimum absolute atomic E-state index is 0.113. The molecule has 1 heterocycles. The highest BCUT2D eigenvalue weighted by molar-refractivity contribution is 5.92. The normalized spacial score (nSPS) is 32.0. The van der Waals surface area contributed by atoms with Crippen molar-refractivity contribution < 1.29 is 24.2 Å². The van der Waals surface area contributed by atoms with Crippen LogP contribution in [0.3, 0.4) is 0 Å². The summed E-state index contributed by atoms with van der Waals surface area (Å²) in [6, 6.07) is 0. The number of hydrogen-bond donors (Lipinski definition) is 1. The van der Waals surface area contributed by atoms with E-state index in [4.69, 9.17) is 9.47 Å². The topological polar surface area (TPSA) is 72.8 Å². The summed E-state index contributed by atoms with van der Waals surface area (Å²) in [4.78, 5) is 24.3. The molecular weight excluding hydrogens is 320 g/mol. The third kappa shape index (κ3) is 4.48. The fourth-order valence-corrected chi connectivity index (χ4v) is 3.11. The van der Waals surface area contributed by atoms with Crippen LogP contribution in [0.4, 0.5) is 0 Å². The second-order valence-corrected chi connectivity index (χ2v) is 6.61. The zero-order valence-corrected chi connectivity index (χ0v) is 15.1. The molecule has 0 spiro atoms. The van der Waals surface area contributed by atoms with Gasteiger partial charge in [0.2, 0.25) is 0 Å². The Hall–Kier alpha value is -2.14. The molecule has 5 nitrogen and oxygen atoms in total. The van der Waals surface area contributed by atoms with Gasteiger partial charge in [-0.2, -0.15) is 0 Å². The van der Waals surface area contributed by atoms with Gasteiger partial charge in [0.1, 0.15) is 12.2 Å². The molecule has 2 aliphatic rings. The molecule has 1 aliphatic heterocycles. The van der Waals surface area contributed by atoms with E-state index < -0.39 is 30.1 Å². The van der Waals surface area contributed by atoms with E-state index in [1.807, 2.05) is 19.1 Å². The van der Waals surface area contributed by atoms with Gasteiger partial charge in [-0.15, -0.1) is 0 Å². The fraction of sp³-hybridized carbons (Fsp3) is 0.500. The molecule has 2 rings (SSSR count). The molecule has 5 heteroatoms. The lowest BCUT2D eigenvalue weighted by Crippen LogP contribution is -2.34. The van der Waals surface area contributed by atoms with Crippen molar-refractivity contribution in [1.29, 1.82) is 0 Å². The first-order valence-corrected chi connectivity index (χ1v) is 8.57. The lowest BCUT2D eigenvalue weighted by molar-refractivity contribution is -0.147. The number of carbonyl (C=O) groups excluding carboxylic acids is 2. The Morgan fingerprint density at radius 3 is 2.88 bits per heavy atom. The van der Waals surface area contributed by atoms with Crippen molar-refractivity contribution in [2.75, 3.05) is 6.61 Å². The summed E-state index contributed by atoms with van der Waals surface area (Å²) in [6.45, 7) is 9.16. The zero-order valence-electron chi connectivity index (χ0n) is 15.1. The lowest BCUT2D eigenvalue weighted by atomic mass is 9.85. The molecule has 136 valence electrons. The van der Waals surface area contributed by atoms with E-state index >= 15 is 0 Å². The first-order valence-electron chi connectivity index (χ1n) is 8.57. The fourth-order valence-electron chi connectivity index (χ4n) is 3.11. The van der Waals surface area contributed by atoms with E-state index in [1.54, 1.807) is 19.9 Å². The average molecular weight is 346 g/mol. The van der Waals surface area contributed by atoms with E-state index in [1.165, 1.54) is 0 Å². The molecule has 0 bridgehead atoms. The van der Waals surface area contributed by atoms with Crippen molar-refractivity contribution in [3.05, 3.63) is 47.1 Å². The van der Waals surface area contributed by atoms with Crippen LogP contribution in [-0.4, -0.2) is 35.9 Å². The number of ether oxygens (including phenoxy) is 2. The van der Waals surface area contributed by atoms with Crippen LogP contribution in [0.2, 0.25) is 0 Å². The summed E-state index contributed by atoms with van der Waals surface area (Å²) in [5.74, 6) is -1.35. The monoisotopic (exact) mass is 346 g/mol. The van der Waals surface area contributed by atoms with Crippen LogP contribution >= 0.6 is 0 Å². The van der Waals surface area contributed by atoms with E-state index in [0.717, 1.165) is 24.0 Å². The van der Waals surface area contributed by atoms with Crippen LogP contribution in [0.25, 0.3) is 0 Å². The van der Waals surface area contributed by atoms with E-state index in [-0.39, 0.29) is 6.61 Å². The Kier molecular flexibility index (Phi) is 6.37. The summed E-state index contributed by atoms with van der Waals surface area (Å²) in [5.41, 5.74) is 2.67. The van der Waals surface area contributed by atoms with Crippen LogP contribution in [0.1, 0.15) is 40.0 Å². The molecule has 1 aliphatic carbocycles. The largest absolute Gasteiger partial charge is 0.458 e. The second kappa shape index (κ2) is 8.30. The summed E-state index contributed by atoms with van der Waals surface area (Å²) in [7, 11) is 0. The van der Waals surface area contributed by atoms with Gasteiger partial charge < -0.3 is 14.6 Å². The molecular formula is C20H26O5. The number of allylic oxidation sites excluding steroid dienone is 3. The average Bonchev–Trinajstić information content (AvgIpc) is 2.85. The summed E-state index contributed by atoms with van der Waals surface area (Å²) in [6.07, 6.45) is 6.40. The Morgan fingerprint density at radius 1 is 1.52 bits per heavy atom. The molecule has 0 aromatic rings. The van der Waals surface area contributed by atoms with Gasteiger partial charge in [-0.25, -0.2) is 9.59 Å².